The standard InChI is InChI=1S/C13H17N5OS/c1-17-7-5-9(16-17)12(19)18-6-3-2-4-11(18)10-8-20-13(14)15-10/h5,7-8,11H,2-4,6H2,1H3,(H2,14,15)/t11-/m1/s1. The number of likely N-dealkylation sites (tertiary alicyclic amines) is 1. The summed E-state index contributed by atoms with van der Waals surface area (Å²) in [6, 6.07) is 1.77. The third-order valence-electron chi connectivity index (χ3n) is 3.58. The molecule has 0 aliphatic carbocycles. The Morgan fingerprint density at radius 1 is 1.50 bits per heavy atom. The van der Waals surface area contributed by atoms with Gasteiger partial charge in [-0.05, 0) is 25.3 Å². The molecule has 0 spiro atoms. The number of hydrogen-bond acceptors (Lipinski definition) is 5. The van der Waals surface area contributed by atoms with Gasteiger partial charge in [0.05, 0.1) is 11.7 Å². The molecule has 7 heteroatoms. The summed E-state index contributed by atoms with van der Waals surface area (Å²) in [4.78, 5) is 18.8. The van der Waals surface area contributed by atoms with Crippen LogP contribution in [0.1, 0.15) is 41.5 Å². The Bertz CT molecular complexity index is 620. The second-order valence-corrected chi connectivity index (χ2v) is 5.89. The van der Waals surface area contributed by atoms with Crippen molar-refractivity contribution in [3.05, 3.63) is 29.0 Å². The van der Waals surface area contributed by atoms with E-state index in [0.29, 0.717) is 10.8 Å². The molecule has 1 aliphatic rings. The smallest absolute Gasteiger partial charge is 0.274 e. The van der Waals surface area contributed by atoms with Crippen LogP contribution in [0.5, 0.6) is 0 Å². The van der Waals surface area contributed by atoms with E-state index < -0.39 is 0 Å². The first kappa shape index (κ1) is 13.1. The first-order valence-corrected chi connectivity index (χ1v) is 7.54. The maximum Gasteiger partial charge on any atom is 0.274 e. The van der Waals surface area contributed by atoms with Crippen molar-refractivity contribution in [1.29, 1.82) is 0 Å². The Labute approximate surface area is 121 Å². The number of piperidine rings is 1. The molecule has 1 saturated heterocycles. The summed E-state index contributed by atoms with van der Waals surface area (Å²) in [5, 5.41) is 6.70. The highest BCUT2D eigenvalue weighted by molar-refractivity contribution is 7.13. The molecule has 1 aliphatic heterocycles. The van der Waals surface area contributed by atoms with Crippen LogP contribution in [0.2, 0.25) is 0 Å². The molecule has 0 unspecified atom stereocenters. The number of nitrogen functional groups attached to an aromatic ring is 1. The van der Waals surface area contributed by atoms with E-state index in [1.807, 2.05) is 17.3 Å². The van der Waals surface area contributed by atoms with Crippen LogP contribution in [0.25, 0.3) is 0 Å². The minimum Gasteiger partial charge on any atom is -0.375 e. The maximum atomic E-state index is 12.6. The van der Waals surface area contributed by atoms with Gasteiger partial charge in [0.1, 0.15) is 5.69 Å². The lowest BCUT2D eigenvalue weighted by Gasteiger charge is -2.34. The Kier molecular flexibility index (Phi) is 3.43. The summed E-state index contributed by atoms with van der Waals surface area (Å²) < 4.78 is 1.65. The molecule has 3 heterocycles. The highest BCUT2D eigenvalue weighted by atomic mass is 32.1. The van der Waals surface area contributed by atoms with E-state index in [9.17, 15) is 4.79 Å². The van der Waals surface area contributed by atoms with E-state index in [-0.39, 0.29) is 11.9 Å². The molecule has 6 nitrogen and oxygen atoms in total. The van der Waals surface area contributed by atoms with Gasteiger partial charge in [0.15, 0.2) is 5.13 Å². The van der Waals surface area contributed by atoms with Crippen molar-refractivity contribution < 1.29 is 4.79 Å². The number of carbonyl (C=O) groups is 1. The van der Waals surface area contributed by atoms with Crippen molar-refractivity contribution in [1.82, 2.24) is 19.7 Å². The van der Waals surface area contributed by atoms with Gasteiger partial charge in [0.25, 0.3) is 5.91 Å². The first-order chi connectivity index (χ1) is 9.65. The Morgan fingerprint density at radius 2 is 2.35 bits per heavy atom. The number of aromatic nitrogens is 3. The van der Waals surface area contributed by atoms with Crippen molar-refractivity contribution in [2.75, 3.05) is 12.3 Å². The van der Waals surface area contributed by atoms with Gasteiger partial charge in [-0.15, -0.1) is 11.3 Å². The second-order valence-electron chi connectivity index (χ2n) is 5.00. The van der Waals surface area contributed by atoms with E-state index in [2.05, 4.69) is 10.1 Å². The quantitative estimate of drug-likeness (QED) is 0.915. The first-order valence-electron chi connectivity index (χ1n) is 6.66. The average Bonchev–Trinajstić information content (AvgIpc) is 3.07. The van der Waals surface area contributed by atoms with Crippen LogP contribution >= 0.6 is 11.3 Å². The van der Waals surface area contributed by atoms with E-state index in [0.717, 1.165) is 31.5 Å². The predicted molar refractivity (Wildman–Crippen MR) is 77.4 cm³/mol. The van der Waals surface area contributed by atoms with E-state index >= 15 is 0 Å². The summed E-state index contributed by atoms with van der Waals surface area (Å²) in [7, 11) is 1.81. The zero-order chi connectivity index (χ0) is 14.1. The van der Waals surface area contributed by atoms with Crippen molar-refractivity contribution in [2.45, 2.75) is 25.3 Å². The van der Waals surface area contributed by atoms with Crippen LogP contribution in [0.15, 0.2) is 17.6 Å². The van der Waals surface area contributed by atoms with Crippen LogP contribution in [0.4, 0.5) is 5.13 Å². The summed E-state index contributed by atoms with van der Waals surface area (Å²) >= 11 is 1.42. The Morgan fingerprint density at radius 3 is 3.00 bits per heavy atom. The highest BCUT2D eigenvalue weighted by Crippen LogP contribution is 2.32. The zero-order valence-electron chi connectivity index (χ0n) is 11.3. The van der Waals surface area contributed by atoms with Crippen LogP contribution in [-0.2, 0) is 7.05 Å². The van der Waals surface area contributed by atoms with Gasteiger partial charge in [-0.2, -0.15) is 5.10 Å². The monoisotopic (exact) mass is 291 g/mol. The number of aryl methyl sites for hydroxylation is 1. The molecule has 3 rings (SSSR count). The number of nitrogens with two attached hydrogens (primary N) is 1. The van der Waals surface area contributed by atoms with Crippen molar-refractivity contribution >= 4 is 22.4 Å². The fourth-order valence-electron chi connectivity index (χ4n) is 2.61. The molecule has 106 valence electrons. The normalized spacial score (nSPS) is 19.2. The van der Waals surface area contributed by atoms with Crippen molar-refractivity contribution in [2.24, 2.45) is 7.05 Å². The molecule has 2 N–H and O–H groups in total. The van der Waals surface area contributed by atoms with Gasteiger partial charge < -0.3 is 10.6 Å². The van der Waals surface area contributed by atoms with Gasteiger partial charge in [-0.1, -0.05) is 0 Å². The molecule has 20 heavy (non-hydrogen) atoms. The number of rotatable bonds is 2. The number of anilines is 1. The Balaban J connectivity index is 1.87. The molecule has 1 amide bonds. The van der Waals surface area contributed by atoms with Crippen molar-refractivity contribution in [3.8, 4) is 0 Å². The number of hydrogen-bond donors (Lipinski definition) is 1. The molecule has 0 aromatic carbocycles. The van der Waals surface area contributed by atoms with Crippen molar-refractivity contribution in [3.63, 3.8) is 0 Å². The predicted octanol–water partition coefficient (Wildman–Crippen LogP) is 1.83. The van der Waals surface area contributed by atoms with Crippen LogP contribution < -0.4 is 5.73 Å². The molecule has 0 bridgehead atoms. The van der Waals surface area contributed by atoms with E-state index in [4.69, 9.17) is 5.73 Å². The Hall–Kier alpha value is -1.89. The number of nitrogens with zero attached hydrogens (tertiary/aromatic N) is 4. The van der Waals surface area contributed by atoms with Gasteiger partial charge >= 0.3 is 0 Å². The van der Waals surface area contributed by atoms with Gasteiger partial charge in [0.2, 0.25) is 0 Å². The third kappa shape index (κ3) is 2.40. The molecular formula is C13H17N5OS. The van der Waals surface area contributed by atoms with Crippen LogP contribution in [-0.4, -0.2) is 32.1 Å². The van der Waals surface area contributed by atoms with Crippen LogP contribution in [0.3, 0.4) is 0 Å². The average molecular weight is 291 g/mol. The minimum absolute atomic E-state index is 0.0202. The fraction of sp³-hybridized carbons (Fsp3) is 0.462. The molecule has 2 aromatic rings. The zero-order valence-corrected chi connectivity index (χ0v) is 12.1. The third-order valence-corrected chi connectivity index (χ3v) is 4.27. The molecule has 2 aromatic heterocycles. The summed E-state index contributed by atoms with van der Waals surface area (Å²) in [6.07, 6.45) is 4.84. The SMILES string of the molecule is Cn1ccc(C(=O)N2CCCC[C@@H]2c2csc(N)n2)n1. The maximum absolute atomic E-state index is 12.6. The minimum atomic E-state index is -0.0260. The topological polar surface area (TPSA) is 77.0 Å². The lowest BCUT2D eigenvalue weighted by atomic mass is 9.99. The summed E-state index contributed by atoms with van der Waals surface area (Å²) in [5.74, 6) is -0.0260. The molecule has 0 saturated carbocycles. The van der Waals surface area contributed by atoms with E-state index in [1.54, 1.807) is 16.9 Å². The molecular weight excluding hydrogens is 274 g/mol. The lowest BCUT2D eigenvalue weighted by Crippen LogP contribution is -2.38. The van der Waals surface area contributed by atoms with Gasteiger partial charge in [0, 0.05) is 25.2 Å². The number of thiazole rings is 1. The highest BCUT2D eigenvalue weighted by Gasteiger charge is 2.31. The fourth-order valence-corrected chi connectivity index (χ4v) is 3.22. The van der Waals surface area contributed by atoms with Gasteiger partial charge in [-0.25, -0.2) is 4.98 Å². The molecule has 1 fully saturated rings. The molecule has 1 atom stereocenters. The number of carbonyl (C=O) groups excluding carboxylic acids is 1. The number of amides is 1. The van der Waals surface area contributed by atoms with Gasteiger partial charge in [-0.3, -0.25) is 9.48 Å². The largest absolute Gasteiger partial charge is 0.375 e. The van der Waals surface area contributed by atoms with Crippen LogP contribution in [0, 0.1) is 0 Å². The molecule has 0 radical (unpaired) electrons. The lowest BCUT2D eigenvalue weighted by molar-refractivity contribution is 0.0600. The summed E-state index contributed by atoms with van der Waals surface area (Å²) in [6.45, 7) is 0.748. The summed E-state index contributed by atoms with van der Waals surface area (Å²) in [5.41, 5.74) is 7.10. The van der Waals surface area contributed by atoms with E-state index in [1.165, 1.54) is 11.3 Å². The second kappa shape index (κ2) is 5.24.